The van der Waals surface area contributed by atoms with Gasteiger partial charge in [0.05, 0.1) is 6.61 Å². The second-order valence-electron chi connectivity index (χ2n) is 4.62. The third-order valence-electron chi connectivity index (χ3n) is 2.74. The SMILES string of the molecule is CC(=O)CC(=O)OCCCCCCc1cccnc1. The first kappa shape index (κ1) is 15.3. The predicted octanol–water partition coefficient (Wildman–Crippen LogP) is 2.71. The van der Waals surface area contributed by atoms with Crippen molar-refractivity contribution in [3.8, 4) is 0 Å². The van der Waals surface area contributed by atoms with Crippen molar-refractivity contribution in [2.75, 3.05) is 6.61 Å². The minimum atomic E-state index is -0.414. The molecule has 104 valence electrons. The highest BCUT2D eigenvalue weighted by molar-refractivity contribution is 5.94. The highest BCUT2D eigenvalue weighted by Gasteiger charge is 2.05. The van der Waals surface area contributed by atoms with Crippen molar-refractivity contribution < 1.29 is 14.3 Å². The summed E-state index contributed by atoms with van der Waals surface area (Å²) in [5.74, 6) is -0.565. The lowest BCUT2D eigenvalue weighted by Crippen LogP contribution is -2.09. The second-order valence-corrected chi connectivity index (χ2v) is 4.62. The topological polar surface area (TPSA) is 56.3 Å². The average molecular weight is 263 g/mol. The van der Waals surface area contributed by atoms with Gasteiger partial charge in [0.2, 0.25) is 0 Å². The number of aromatic nitrogens is 1. The molecule has 0 unspecified atom stereocenters. The fourth-order valence-corrected chi connectivity index (χ4v) is 1.77. The van der Waals surface area contributed by atoms with Gasteiger partial charge in [0.15, 0.2) is 0 Å². The van der Waals surface area contributed by atoms with Crippen LogP contribution in [0.5, 0.6) is 0 Å². The fourth-order valence-electron chi connectivity index (χ4n) is 1.77. The minimum Gasteiger partial charge on any atom is -0.465 e. The van der Waals surface area contributed by atoms with Crippen molar-refractivity contribution in [2.45, 2.75) is 45.4 Å². The Morgan fingerprint density at radius 2 is 2.00 bits per heavy atom. The molecular formula is C15H21NO3. The Balaban J connectivity index is 1.94. The van der Waals surface area contributed by atoms with E-state index in [0.29, 0.717) is 6.61 Å². The van der Waals surface area contributed by atoms with Crippen LogP contribution in [0, 0.1) is 0 Å². The summed E-state index contributed by atoms with van der Waals surface area (Å²) in [5.41, 5.74) is 1.26. The lowest BCUT2D eigenvalue weighted by molar-refractivity contribution is -0.145. The quantitative estimate of drug-likeness (QED) is 0.390. The molecular weight excluding hydrogens is 242 g/mol. The number of esters is 1. The van der Waals surface area contributed by atoms with E-state index < -0.39 is 5.97 Å². The number of ether oxygens (including phenoxy) is 1. The molecule has 1 rings (SSSR count). The van der Waals surface area contributed by atoms with Crippen LogP contribution in [0.25, 0.3) is 0 Å². The third kappa shape index (κ3) is 8.08. The summed E-state index contributed by atoms with van der Waals surface area (Å²) in [6.07, 6.45) is 8.72. The van der Waals surface area contributed by atoms with Crippen molar-refractivity contribution in [1.82, 2.24) is 4.98 Å². The molecule has 0 aliphatic carbocycles. The summed E-state index contributed by atoms with van der Waals surface area (Å²) in [6, 6.07) is 4.03. The molecule has 1 aromatic rings. The van der Waals surface area contributed by atoms with Crippen molar-refractivity contribution >= 4 is 11.8 Å². The molecule has 1 heterocycles. The molecule has 0 saturated heterocycles. The Labute approximate surface area is 114 Å². The Kier molecular flexibility index (Phi) is 7.47. The van der Waals surface area contributed by atoms with Gasteiger partial charge in [-0.05, 0) is 37.8 Å². The van der Waals surface area contributed by atoms with Gasteiger partial charge in [-0.1, -0.05) is 18.9 Å². The van der Waals surface area contributed by atoms with Crippen LogP contribution in [0.3, 0.4) is 0 Å². The number of Topliss-reactive ketones (excluding diaryl/α,β-unsaturated/α-hetero) is 1. The molecule has 0 atom stereocenters. The maximum atomic E-state index is 11.1. The summed E-state index contributed by atoms with van der Waals surface area (Å²) in [6.45, 7) is 1.80. The van der Waals surface area contributed by atoms with Gasteiger partial charge in [0.25, 0.3) is 0 Å². The molecule has 0 aromatic carbocycles. The van der Waals surface area contributed by atoms with E-state index in [1.807, 2.05) is 12.3 Å². The Morgan fingerprint density at radius 3 is 2.68 bits per heavy atom. The molecule has 0 saturated carbocycles. The average Bonchev–Trinajstić information content (AvgIpc) is 2.38. The molecule has 0 amide bonds. The van der Waals surface area contributed by atoms with E-state index in [1.165, 1.54) is 12.5 Å². The largest absolute Gasteiger partial charge is 0.465 e. The number of hydrogen-bond acceptors (Lipinski definition) is 4. The first-order valence-corrected chi connectivity index (χ1v) is 6.72. The Bertz CT molecular complexity index is 390. The van der Waals surface area contributed by atoms with Gasteiger partial charge in [-0.15, -0.1) is 0 Å². The number of carbonyl (C=O) groups excluding carboxylic acids is 2. The molecule has 0 aliphatic rings. The number of carbonyl (C=O) groups is 2. The lowest BCUT2D eigenvalue weighted by atomic mass is 10.1. The van der Waals surface area contributed by atoms with Crippen molar-refractivity contribution in [3.05, 3.63) is 30.1 Å². The van der Waals surface area contributed by atoms with Gasteiger partial charge < -0.3 is 4.74 Å². The number of pyridine rings is 1. The molecule has 0 spiro atoms. The van der Waals surface area contributed by atoms with Crippen LogP contribution >= 0.6 is 0 Å². The van der Waals surface area contributed by atoms with Gasteiger partial charge in [-0.3, -0.25) is 14.6 Å². The van der Waals surface area contributed by atoms with Crippen molar-refractivity contribution in [3.63, 3.8) is 0 Å². The summed E-state index contributed by atoms with van der Waals surface area (Å²) in [7, 11) is 0. The van der Waals surface area contributed by atoms with E-state index >= 15 is 0 Å². The molecule has 0 aliphatic heterocycles. The molecule has 19 heavy (non-hydrogen) atoms. The van der Waals surface area contributed by atoms with Crippen LogP contribution in [-0.4, -0.2) is 23.3 Å². The number of unbranched alkanes of at least 4 members (excludes halogenated alkanes) is 3. The fraction of sp³-hybridized carbons (Fsp3) is 0.533. The van der Waals surface area contributed by atoms with Crippen molar-refractivity contribution in [1.29, 1.82) is 0 Å². The van der Waals surface area contributed by atoms with E-state index in [9.17, 15) is 9.59 Å². The highest BCUT2D eigenvalue weighted by Crippen LogP contribution is 2.06. The van der Waals surface area contributed by atoms with E-state index in [-0.39, 0.29) is 12.2 Å². The molecule has 1 aromatic heterocycles. The number of aryl methyl sites for hydroxylation is 1. The Hall–Kier alpha value is -1.71. The Morgan fingerprint density at radius 1 is 1.21 bits per heavy atom. The third-order valence-corrected chi connectivity index (χ3v) is 2.74. The number of ketones is 1. The summed E-state index contributed by atoms with van der Waals surface area (Å²) < 4.78 is 4.95. The maximum Gasteiger partial charge on any atom is 0.313 e. The molecule has 0 N–H and O–H groups in total. The van der Waals surface area contributed by atoms with E-state index in [4.69, 9.17) is 4.74 Å². The standard InChI is InChI=1S/C15H21NO3/c1-13(17)11-15(18)19-10-5-3-2-4-7-14-8-6-9-16-12-14/h6,8-9,12H,2-5,7,10-11H2,1H3. The molecule has 4 nitrogen and oxygen atoms in total. The van der Waals surface area contributed by atoms with E-state index in [2.05, 4.69) is 11.1 Å². The van der Waals surface area contributed by atoms with Crippen LogP contribution in [-0.2, 0) is 20.7 Å². The van der Waals surface area contributed by atoms with E-state index in [1.54, 1.807) is 6.20 Å². The van der Waals surface area contributed by atoms with E-state index in [0.717, 1.165) is 32.1 Å². The molecule has 4 heteroatoms. The van der Waals surface area contributed by atoms with Crippen LogP contribution < -0.4 is 0 Å². The maximum absolute atomic E-state index is 11.1. The second kappa shape index (κ2) is 9.25. The number of nitrogens with zero attached hydrogens (tertiary/aromatic N) is 1. The molecule has 0 fully saturated rings. The van der Waals surface area contributed by atoms with Crippen LogP contribution in [0.2, 0.25) is 0 Å². The smallest absolute Gasteiger partial charge is 0.313 e. The first-order chi connectivity index (χ1) is 9.18. The zero-order valence-electron chi connectivity index (χ0n) is 11.4. The van der Waals surface area contributed by atoms with Crippen LogP contribution in [0.1, 0.15) is 44.6 Å². The van der Waals surface area contributed by atoms with Gasteiger partial charge in [0.1, 0.15) is 12.2 Å². The van der Waals surface area contributed by atoms with Gasteiger partial charge in [-0.2, -0.15) is 0 Å². The monoisotopic (exact) mass is 263 g/mol. The summed E-state index contributed by atoms with van der Waals surface area (Å²) in [4.78, 5) is 25.8. The van der Waals surface area contributed by atoms with Gasteiger partial charge in [0, 0.05) is 12.4 Å². The zero-order chi connectivity index (χ0) is 13.9. The lowest BCUT2D eigenvalue weighted by Gasteiger charge is -2.04. The zero-order valence-corrected chi connectivity index (χ0v) is 11.4. The first-order valence-electron chi connectivity index (χ1n) is 6.72. The summed E-state index contributed by atoms with van der Waals surface area (Å²) >= 11 is 0. The summed E-state index contributed by atoms with van der Waals surface area (Å²) in [5, 5.41) is 0. The normalized spacial score (nSPS) is 10.2. The van der Waals surface area contributed by atoms with Crippen LogP contribution in [0.15, 0.2) is 24.5 Å². The molecule has 0 bridgehead atoms. The van der Waals surface area contributed by atoms with Crippen molar-refractivity contribution in [2.24, 2.45) is 0 Å². The van der Waals surface area contributed by atoms with Crippen LogP contribution in [0.4, 0.5) is 0 Å². The van der Waals surface area contributed by atoms with Gasteiger partial charge in [-0.25, -0.2) is 0 Å². The highest BCUT2D eigenvalue weighted by atomic mass is 16.5. The predicted molar refractivity (Wildman–Crippen MR) is 72.7 cm³/mol. The van der Waals surface area contributed by atoms with Gasteiger partial charge >= 0.3 is 5.97 Å². The minimum absolute atomic E-state index is 0.110. The number of rotatable bonds is 9. The number of hydrogen-bond donors (Lipinski definition) is 0. The molecule has 0 radical (unpaired) electrons.